The fourth-order valence-electron chi connectivity index (χ4n) is 5.98. The molecule has 0 radical (unpaired) electrons. The number of carbonyl (C=O) groups excluding carboxylic acids is 1. The third-order valence-corrected chi connectivity index (χ3v) is 8.05. The lowest BCUT2D eigenvalue weighted by Gasteiger charge is -2.48. The first kappa shape index (κ1) is 26.2. The second-order valence-electron chi connectivity index (χ2n) is 10.6. The number of ether oxygens (including phenoxy) is 3. The van der Waals surface area contributed by atoms with Crippen LogP contribution in [0.3, 0.4) is 0 Å². The van der Waals surface area contributed by atoms with Gasteiger partial charge in [0, 0.05) is 54.9 Å². The summed E-state index contributed by atoms with van der Waals surface area (Å²) in [7, 11) is 2.92. The maximum absolute atomic E-state index is 12.0. The van der Waals surface area contributed by atoms with Gasteiger partial charge in [-0.1, -0.05) is 42.5 Å². The van der Waals surface area contributed by atoms with Gasteiger partial charge in [-0.25, -0.2) is 4.79 Å². The number of methoxy groups -OCH3 is 2. The molecule has 40 heavy (non-hydrogen) atoms. The number of benzene rings is 3. The SMILES string of the molecule is COC(=O)c1cc2c(OC[C@@H](O)CN3C[C@@H]4CC=CC[C@H]3CN4c3ccc4ccccc4c3)cc(OC)cc2[nH]1. The van der Waals surface area contributed by atoms with E-state index in [1.165, 1.54) is 23.6 Å². The van der Waals surface area contributed by atoms with Gasteiger partial charge in [-0.15, -0.1) is 0 Å². The Morgan fingerprint density at radius 3 is 2.60 bits per heavy atom. The van der Waals surface area contributed by atoms with Gasteiger partial charge < -0.3 is 29.2 Å². The molecule has 4 heterocycles. The van der Waals surface area contributed by atoms with Crippen LogP contribution in [0.1, 0.15) is 23.3 Å². The molecule has 8 heteroatoms. The molecule has 4 aromatic rings. The van der Waals surface area contributed by atoms with Crippen LogP contribution in [-0.4, -0.2) is 79.6 Å². The largest absolute Gasteiger partial charge is 0.497 e. The average molecular weight is 542 g/mol. The number of esters is 1. The summed E-state index contributed by atoms with van der Waals surface area (Å²) in [6, 6.07) is 21.1. The number of aliphatic hydroxyl groups excluding tert-OH is 1. The fourth-order valence-corrected chi connectivity index (χ4v) is 5.98. The number of piperazine rings is 1. The summed E-state index contributed by atoms with van der Waals surface area (Å²) in [6.07, 6.45) is 5.82. The summed E-state index contributed by atoms with van der Waals surface area (Å²) in [5.41, 5.74) is 2.29. The van der Waals surface area contributed by atoms with E-state index in [0.29, 0.717) is 41.3 Å². The van der Waals surface area contributed by atoms with Crippen LogP contribution in [0.15, 0.2) is 72.8 Å². The summed E-state index contributed by atoms with van der Waals surface area (Å²) in [4.78, 5) is 20.0. The van der Waals surface area contributed by atoms with Gasteiger partial charge in [0.25, 0.3) is 0 Å². The van der Waals surface area contributed by atoms with Gasteiger partial charge in [-0.2, -0.15) is 0 Å². The Morgan fingerprint density at radius 1 is 1.00 bits per heavy atom. The molecule has 2 bridgehead atoms. The zero-order valence-corrected chi connectivity index (χ0v) is 22.9. The van der Waals surface area contributed by atoms with Crippen molar-refractivity contribution in [2.45, 2.75) is 31.0 Å². The Kier molecular flexibility index (Phi) is 7.36. The molecule has 0 saturated carbocycles. The van der Waals surface area contributed by atoms with Gasteiger partial charge in [-0.3, -0.25) is 4.90 Å². The number of rotatable bonds is 8. The van der Waals surface area contributed by atoms with E-state index in [4.69, 9.17) is 14.2 Å². The molecule has 7 rings (SSSR count). The third kappa shape index (κ3) is 5.24. The molecule has 3 atom stereocenters. The number of aliphatic hydroxyl groups is 1. The summed E-state index contributed by atoms with van der Waals surface area (Å²) < 4.78 is 16.4. The van der Waals surface area contributed by atoms with Gasteiger partial charge in [-0.05, 0) is 41.8 Å². The predicted octanol–water partition coefficient (Wildman–Crippen LogP) is 4.77. The fraction of sp³-hybridized carbons (Fsp3) is 0.344. The topological polar surface area (TPSA) is 87.3 Å². The van der Waals surface area contributed by atoms with Crippen LogP contribution in [-0.2, 0) is 4.74 Å². The number of anilines is 1. The molecule has 1 saturated heterocycles. The van der Waals surface area contributed by atoms with Gasteiger partial charge >= 0.3 is 5.97 Å². The van der Waals surface area contributed by atoms with Crippen molar-refractivity contribution in [3.8, 4) is 11.5 Å². The number of aromatic nitrogens is 1. The molecule has 3 aliphatic rings. The van der Waals surface area contributed by atoms with E-state index in [0.717, 1.165) is 31.3 Å². The molecule has 2 N–H and O–H groups in total. The Bertz CT molecular complexity index is 1550. The lowest BCUT2D eigenvalue weighted by atomic mass is 9.96. The van der Waals surface area contributed by atoms with Gasteiger partial charge in [0.05, 0.1) is 19.7 Å². The first-order chi connectivity index (χ1) is 19.5. The maximum atomic E-state index is 12.0. The van der Waals surface area contributed by atoms with E-state index >= 15 is 0 Å². The van der Waals surface area contributed by atoms with Crippen LogP contribution in [0.25, 0.3) is 21.7 Å². The number of nitrogens with zero attached hydrogens (tertiary/aromatic N) is 2. The standard InChI is InChI=1S/C32H35N3O5/c1-38-27-14-29-28(16-30(33-29)32(37)39-2)31(15-27)40-20-26(36)19-34-17-25-10-6-5-9-24(34)18-35(25)23-12-11-21-7-3-4-8-22(21)13-23/h3-8,11-16,24-26,33,36H,9-10,17-20H2,1-2H3/t24-,25-,26-/m0/s1. The smallest absolute Gasteiger partial charge is 0.354 e. The minimum absolute atomic E-state index is 0.124. The molecule has 8 nitrogen and oxygen atoms in total. The van der Waals surface area contributed by atoms with Crippen LogP contribution in [0.2, 0.25) is 0 Å². The van der Waals surface area contributed by atoms with Crippen molar-refractivity contribution in [3.05, 3.63) is 78.5 Å². The number of hydrogen-bond donors (Lipinski definition) is 2. The van der Waals surface area contributed by atoms with E-state index in [1.54, 1.807) is 25.3 Å². The van der Waals surface area contributed by atoms with E-state index in [2.05, 4.69) is 69.4 Å². The summed E-state index contributed by atoms with van der Waals surface area (Å²) in [5, 5.41) is 14.3. The highest BCUT2D eigenvalue weighted by Gasteiger charge is 2.35. The van der Waals surface area contributed by atoms with Crippen molar-refractivity contribution >= 4 is 33.3 Å². The lowest BCUT2D eigenvalue weighted by molar-refractivity contribution is 0.0408. The van der Waals surface area contributed by atoms with Gasteiger partial charge in [0.2, 0.25) is 0 Å². The molecule has 3 aliphatic heterocycles. The summed E-state index contributed by atoms with van der Waals surface area (Å²) in [6.45, 7) is 2.44. The molecule has 0 aliphatic carbocycles. The monoisotopic (exact) mass is 541 g/mol. The lowest BCUT2D eigenvalue weighted by Crippen LogP contribution is -2.60. The van der Waals surface area contributed by atoms with Crippen molar-refractivity contribution in [1.29, 1.82) is 0 Å². The molecule has 1 fully saturated rings. The van der Waals surface area contributed by atoms with Crippen molar-refractivity contribution in [1.82, 2.24) is 9.88 Å². The second-order valence-corrected chi connectivity index (χ2v) is 10.6. The minimum atomic E-state index is -0.681. The number of aromatic amines is 1. The Labute approximate surface area is 233 Å². The van der Waals surface area contributed by atoms with Crippen molar-refractivity contribution < 1.29 is 24.1 Å². The Morgan fingerprint density at radius 2 is 1.80 bits per heavy atom. The normalized spacial score (nSPS) is 19.9. The van der Waals surface area contributed by atoms with E-state index in [-0.39, 0.29) is 6.61 Å². The molecular weight excluding hydrogens is 506 g/mol. The summed E-state index contributed by atoms with van der Waals surface area (Å²) >= 11 is 0. The van der Waals surface area contributed by atoms with Crippen molar-refractivity contribution in [3.63, 3.8) is 0 Å². The first-order valence-electron chi connectivity index (χ1n) is 13.8. The number of H-pyrrole nitrogens is 1. The predicted molar refractivity (Wildman–Crippen MR) is 157 cm³/mol. The quantitative estimate of drug-likeness (QED) is 0.246. The maximum Gasteiger partial charge on any atom is 0.354 e. The number of nitrogens with one attached hydrogen (secondary N) is 1. The molecule has 0 unspecified atom stereocenters. The average Bonchev–Trinajstić information content (AvgIpc) is 3.40. The van der Waals surface area contributed by atoms with Crippen LogP contribution >= 0.6 is 0 Å². The highest BCUT2D eigenvalue weighted by Crippen LogP contribution is 2.33. The van der Waals surface area contributed by atoms with Crippen LogP contribution in [0, 0.1) is 0 Å². The van der Waals surface area contributed by atoms with Crippen LogP contribution in [0.4, 0.5) is 5.69 Å². The molecule has 1 aromatic heterocycles. The number of fused-ring (bicyclic) bond motifs is 6. The van der Waals surface area contributed by atoms with Crippen molar-refractivity contribution in [2.24, 2.45) is 0 Å². The highest BCUT2D eigenvalue weighted by molar-refractivity contribution is 5.97. The Balaban J connectivity index is 1.15. The number of hydrogen-bond acceptors (Lipinski definition) is 7. The van der Waals surface area contributed by atoms with Gasteiger partial charge in [0.15, 0.2) is 0 Å². The van der Waals surface area contributed by atoms with Crippen LogP contribution < -0.4 is 14.4 Å². The van der Waals surface area contributed by atoms with Crippen molar-refractivity contribution in [2.75, 3.05) is 45.4 Å². The second kappa shape index (κ2) is 11.2. The summed E-state index contributed by atoms with van der Waals surface area (Å²) in [5.74, 6) is 0.677. The van der Waals surface area contributed by atoms with Gasteiger partial charge in [0.1, 0.15) is 29.9 Å². The van der Waals surface area contributed by atoms with E-state index in [1.807, 2.05) is 0 Å². The molecule has 3 aromatic carbocycles. The molecule has 0 spiro atoms. The zero-order chi connectivity index (χ0) is 27.6. The van der Waals surface area contributed by atoms with E-state index < -0.39 is 12.1 Å². The number of carbonyl (C=O) groups is 1. The molecular formula is C32H35N3O5. The third-order valence-electron chi connectivity index (χ3n) is 8.05. The van der Waals surface area contributed by atoms with E-state index in [9.17, 15) is 9.90 Å². The molecule has 0 amide bonds. The zero-order valence-electron chi connectivity index (χ0n) is 22.9. The van der Waals surface area contributed by atoms with Crippen LogP contribution in [0.5, 0.6) is 11.5 Å². The Hall–Kier alpha value is -4.01. The molecule has 208 valence electrons. The highest BCUT2D eigenvalue weighted by atomic mass is 16.5. The first-order valence-corrected chi connectivity index (χ1v) is 13.8. The minimum Gasteiger partial charge on any atom is -0.497 e.